The zero-order valence-electron chi connectivity index (χ0n) is 9.74. The molecule has 0 bridgehead atoms. The maximum Gasteiger partial charge on any atom is 0.0755 e. The Morgan fingerprint density at radius 2 is 1.94 bits per heavy atom. The number of quaternary nitrogens is 1. The highest BCUT2D eigenvalue weighted by molar-refractivity contribution is 7.77. The molecular formula is C13H19NOS. The maximum absolute atomic E-state index is 10.6. The van der Waals surface area contributed by atoms with Crippen LogP contribution >= 0.6 is 0 Å². The van der Waals surface area contributed by atoms with Crippen LogP contribution in [-0.4, -0.2) is 18.2 Å². The quantitative estimate of drug-likeness (QED) is 0.749. The van der Waals surface area contributed by atoms with E-state index in [-0.39, 0.29) is 5.12 Å². The van der Waals surface area contributed by atoms with E-state index in [9.17, 15) is 4.79 Å². The number of benzene rings is 1. The molecule has 16 heavy (non-hydrogen) atoms. The van der Waals surface area contributed by atoms with E-state index < -0.39 is 0 Å². The first kappa shape index (κ1) is 13.1. The predicted molar refractivity (Wildman–Crippen MR) is 68.4 cm³/mol. The average Bonchev–Trinajstić information content (AvgIpc) is 2.32. The van der Waals surface area contributed by atoms with Gasteiger partial charge < -0.3 is 22.7 Å². The molecule has 1 saturated heterocycles. The summed E-state index contributed by atoms with van der Waals surface area (Å²) in [5.41, 5.74) is 1.67. The molecular weight excluding hydrogens is 218 g/mol. The van der Waals surface area contributed by atoms with E-state index in [0.29, 0.717) is 5.56 Å². The zero-order valence-corrected chi connectivity index (χ0v) is 10.6. The van der Waals surface area contributed by atoms with Gasteiger partial charge >= 0.3 is 0 Å². The summed E-state index contributed by atoms with van der Waals surface area (Å²) in [6, 6.07) is 7.27. The Morgan fingerprint density at radius 3 is 2.25 bits per heavy atom. The van der Waals surface area contributed by atoms with Crippen molar-refractivity contribution >= 4 is 17.7 Å². The van der Waals surface area contributed by atoms with Gasteiger partial charge in [0, 0.05) is 5.12 Å². The number of carbonyl (C=O) groups excluding carboxylic acids is 1. The van der Waals surface area contributed by atoms with Crippen molar-refractivity contribution in [2.24, 2.45) is 0 Å². The Bertz CT molecular complexity index is 323. The standard InChI is InChI=1S/C8H8OS.C5H11N/c1-6-3-2-4-7(5-6)8(9)10;1-2-4-6-5-3-1/h2-5H,1H3,(H,9,10);6H,1-5H2. The highest BCUT2D eigenvalue weighted by atomic mass is 32.1. The molecule has 0 radical (unpaired) electrons. The van der Waals surface area contributed by atoms with Crippen LogP contribution in [0.3, 0.4) is 0 Å². The van der Waals surface area contributed by atoms with E-state index >= 15 is 0 Å². The minimum absolute atomic E-state index is 0.288. The summed E-state index contributed by atoms with van der Waals surface area (Å²) in [5.74, 6) is 0. The van der Waals surface area contributed by atoms with Crippen molar-refractivity contribution in [3.63, 3.8) is 0 Å². The Balaban J connectivity index is 0.000000181. The molecule has 0 saturated carbocycles. The lowest BCUT2D eigenvalue weighted by atomic mass is 10.2. The monoisotopic (exact) mass is 237 g/mol. The van der Waals surface area contributed by atoms with Gasteiger partial charge in [-0.05, 0) is 31.7 Å². The van der Waals surface area contributed by atoms with Crippen molar-refractivity contribution in [3.05, 3.63) is 35.4 Å². The lowest BCUT2D eigenvalue weighted by Crippen LogP contribution is -2.85. The summed E-state index contributed by atoms with van der Waals surface area (Å²) in [6.45, 7) is 4.68. The summed E-state index contributed by atoms with van der Waals surface area (Å²) >= 11 is 4.47. The maximum atomic E-state index is 10.6. The molecule has 0 amide bonds. The highest BCUT2D eigenvalue weighted by Gasteiger charge is 1.97. The molecule has 0 unspecified atom stereocenters. The van der Waals surface area contributed by atoms with Crippen LogP contribution in [0.1, 0.15) is 35.2 Å². The third-order valence-electron chi connectivity index (χ3n) is 2.57. The van der Waals surface area contributed by atoms with Gasteiger partial charge in [0.25, 0.3) is 0 Å². The van der Waals surface area contributed by atoms with Crippen molar-refractivity contribution in [1.29, 1.82) is 0 Å². The minimum Gasteiger partial charge on any atom is -0.737 e. The molecule has 1 aromatic carbocycles. The molecule has 1 aliphatic rings. The summed E-state index contributed by atoms with van der Waals surface area (Å²) in [7, 11) is 0. The third kappa shape index (κ3) is 5.24. The number of hydrogen-bond donors (Lipinski definition) is 1. The number of aryl methyl sites for hydroxylation is 1. The lowest BCUT2D eigenvalue weighted by molar-refractivity contribution is -0.662. The van der Waals surface area contributed by atoms with Crippen molar-refractivity contribution in [2.45, 2.75) is 26.2 Å². The molecule has 0 atom stereocenters. The number of hydrogen-bond acceptors (Lipinski definition) is 2. The summed E-state index contributed by atoms with van der Waals surface area (Å²) in [6.07, 6.45) is 4.36. The van der Waals surface area contributed by atoms with E-state index in [2.05, 4.69) is 17.9 Å². The van der Waals surface area contributed by atoms with Gasteiger partial charge in [0.2, 0.25) is 0 Å². The van der Waals surface area contributed by atoms with Crippen molar-refractivity contribution in [2.75, 3.05) is 13.1 Å². The molecule has 1 heterocycles. The number of nitrogens with two attached hydrogens (primary N) is 1. The molecule has 1 fully saturated rings. The minimum atomic E-state index is -0.288. The van der Waals surface area contributed by atoms with Gasteiger partial charge in [-0.1, -0.05) is 29.8 Å². The smallest absolute Gasteiger partial charge is 0.0755 e. The Morgan fingerprint density at radius 1 is 1.25 bits per heavy atom. The largest absolute Gasteiger partial charge is 0.737 e. The van der Waals surface area contributed by atoms with Gasteiger partial charge in [-0.25, -0.2) is 0 Å². The van der Waals surface area contributed by atoms with Gasteiger partial charge in [-0.2, -0.15) is 0 Å². The van der Waals surface area contributed by atoms with Crippen LogP contribution in [0.2, 0.25) is 0 Å². The van der Waals surface area contributed by atoms with Crippen molar-refractivity contribution < 1.29 is 10.1 Å². The summed E-state index contributed by atoms with van der Waals surface area (Å²) in [4.78, 5) is 10.6. The molecule has 2 rings (SSSR count). The normalized spacial score (nSPS) is 14.8. The second-order valence-electron chi connectivity index (χ2n) is 4.08. The lowest BCUT2D eigenvalue weighted by Gasteiger charge is -2.05. The van der Waals surface area contributed by atoms with E-state index in [4.69, 9.17) is 0 Å². The molecule has 3 heteroatoms. The van der Waals surface area contributed by atoms with Gasteiger partial charge in [0.05, 0.1) is 13.1 Å². The fourth-order valence-electron chi connectivity index (χ4n) is 1.67. The van der Waals surface area contributed by atoms with E-state index in [1.807, 2.05) is 19.1 Å². The van der Waals surface area contributed by atoms with Gasteiger partial charge in [-0.15, -0.1) is 0 Å². The SMILES string of the molecule is C1CC[NH2+]CC1.Cc1cccc(C(=O)[S-])c1. The average molecular weight is 237 g/mol. The summed E-state index contributed by atoms with van der Waals surface area (Å²) in [5, 5.41) is 2.10. The fraction of sp³-hybridized carbons (Fsp3) is 0.462. The van der Waals surface area contributed by atoms with Gasteiger partial charge in [0.15, 0.2) is 0 Å². The molecule has 0 aromatic heterocycles. The summed E-state index contributed by atoms with van der Waals surface area (Å²) < 4.78 is 0. The second kappa shape index (κ2) is 7.36. The molecule has 1 aliphatic heterocycles. The number of piperidine rings is 1. The Kier molecular flexibility index (Phi) is 6.04. The Hall–Kier alpha value is -0.930. The van der Waals surface area contributed by atoms with Crippen LogP contribution in [0.5, 0.6) is 0 Å². The van der Waals surface area contributed by atoms with Crippen LogP contribution in [0.4, 0.5) is 0 Å². The van der Waals surface area contributed by atoms with Crippen LogP contribution in [-0.2, 0) is 12.6 Å². The van der Waals surface area contributed by atoms with Crippen molar-refractivity contribution in [3.8, 4) is 0 Å². The van der Waals surface area contributed by atoms with Gasteiger partial charge in [-0.3, -0.25) is 0 Å². The highest BCUT2D eigenvalue weighted by Crippen LogP contribution is 2.03. The first-order valence-electron chi connectivity index (χ1n) is 5.80. The third-order valence-corrected chi connectivity index (χ3v) is 2.81. The first-order valence-corrected chi connectivity index (χ1v) is 6.20. The second-order valence-corrected chi connectivity index (χ2v) is 4.45. The number of rotatable bonds is 1. The molecule has 1 aromatic rings. The zero-order chi connectivity index (χ0) is 11.8. The van der Waals surface area contributed by atoms with E-state index in [0.717, 1.165) is 5.56 Å². The van der Waals surface area contributed by atoms with Crippen LogP contribution < -0.4 is 5.32 Å². The van der Waals surface area contributed by atoms with Crippen LogP contribution in [0, 0.1) is 6.92 Å². The number of carbonyl (C=O) groups is 1. The fourth-order valence-corrected chi connectivity index (χ4v) is 1.80. The molecule has 2 N–H and O–H groups in total. The predicted octanol–water partition coefficient (Wildman–Crippen LogP) is 1.42. The van der Waals surface area contributed by atoms with Crippen LogP contribution in [0.15, 0.2) is 24.3 Å². The topological polar surface area (TPSA) is 33.7 Å². The molecule has 0 spiro atoms. The van der Waals surface area contributed by atoms with E-state index in [1.165, 1.54) is 32.4 Å². The van der Waals surface area contributed by atoms with E-state index in [1.54, 1.807) is 12.1 Å². The first-order chi connectivity index (χ1) is 7.70. The van der Waals surface area contributed by atoms with Gasteiger partial charge in [0.1, 0.15) is 0 Å². The Labute approximate surface area is 103 Å². The molecule has 0 aliphatic carbocycles. The van der Waals surface area contributed by atoms with Crippen molar-refractivity contribution in [1.82, 2.24) is 0 Å². The molecule has 88 valence electrons. The van der Waals surface area contributed by atoms with Crippen LogP contribution in [0.25, 0.3) is 0 Å². The molecule has 2 nitrogen and oxygen atoms in total.